The van der Waals surface area contributed by atoms with Gasteiger partial charge in [-0.1, -0.05) is 50.3 Å². The first-order valence-corrected chi connectivity index (χ1v) is 15.0. The molecule has 14 heteroatoms. The van der Waals surface area contributed by atoms with Crippen LogP contribution in [0.25, 0.3) is 0 Å². The number of rotatable bonds is 13. The third-order valence-corrected chi connectivity index (χ3v) is 7.22. The lowest BCUT2D eigenvalue weighted by atomic mass is 10.0. The summed E-state index contributed by atoms with van der Waals surface area (Å²) in [4.78, 5) is 77.1. The predicted molar refractivity (Wildman–Crippen MR) is 166 cm³/mol. The summed E-state index contributed by atoms with van der Waals surface area (Å²) in [5, 5.41) is 5.05. The van der Waals surface area contributed by atoms with Crippen LogP contribution in [0, 0.1) is 11.6 Å². The first-order chi connectivity index (χ1) is 22.0. The van der Waals surface area contributed by atoms with Crippen molar-refractivity contribution in [3.63, 3.8) is 0 Å². The number of hydrogen-bond acceptors (Lipinski definition) is 7. The second-order valence-electron chi connectivity index (χ2n) is 10.3. The normalized spacial score (nSPS) is 14.0. The maximum atomic E-state index is 14.3. The number of nitrogens with zero attached hydrogens (tertiary/aromatic N) is 3. The predicted octanol–water partition coefficient (Wildman–Crippen LogP) is 1.98. The molecule has 46 heavy (non-hydrogen) atoms. The average molecular weight is 641 g/mol. The Morgan fingerprint density at radius 3 is 2.35 bits per heavy atom. The van der Waals surface area contributed by atoms with Gasteiger partial charge < -0.3 is 16.4 Å². The second-order valence-corrected chi connectivity index (χ2v) is 10.3. The minimum Gasteiger partial charge on any atom is -0.345 e. The Kier molecular flexibility index (Phi) is 12.6. The zero-order valence-electron chi connectivity index (χ0n) is 25.9. The molecule has 1 aliphatic rings. The number of benzene rings is 2. The fourth-order valence-electron chi connectivity index (χ4n) is 4.82. The monoisotopic (exact) mass is 640 g/mol. The van der Waals surface area contributed by atoms with Crippen LogP contribution in [0.2, 0.25) is 0 Å². The van der Waals surface area contributed by atoms with Crippen molar-refractivity contribution in [2.75, 3.05) is 6.54 Å². The molecule has 12 nitrogen and oxygen atoms in total. The molecule has 2 atom stereocenters. The van der Waals surface area contributed by atoms with E-state index in [1.165, 1.54) is 19.1 Å². The van der Waals surface area contributed by atoms with Crippen LogP contribution in [-0.2, 0) is 34.0 Å². The highest BCUT2D eigenvalue weighted by atomic mass is 19.1. The van der Waals surface area contributed by atoms with Crippen LogP contribution >= 0.6 is 0 Å². The number of fused-ring (bicyclic) bond motifs is 1. The molecule has 0 saturated carbocycles. The van der Waals surface area contributed by atoms with Crippen molar-refractivity contribution in [3.8, 4) is 0 Å². The van der Waals surface area contributed by atoms with Gasteiger partial charge in [-0.15, -0.1) is 0 Å². The molecule has 4 rings (SSSR count). The fraction of sp³-hybridized carbons (Fsp3) is 0.375. The number of amides is 2. The summed E-state index contributed by atoms with van der Waals surface area (Å²) in [6, 6.07) is 6.51. The van der Waals surface area contributed by atoms with Crippen molar-refractivity contribution in [1.82, 2.24) is 24.6 Å². The topological polar surface area (TPSA) is 167 Å². The summed E-state index contributed by atoms with van der Waals surface area (Å²) in [6.07, 6.45) is 3.86. The number of nitrogens with two attached hydrogens (primary N) is 1. The van der Waals surface area contributed by atoms with Gasteiger partial charge in [0.1, 0.15) is 11.6 Å². The molecular formula is C32H38F2N6O6. The van der Waals surface area contributed by atoms with Gasteiger partial charge in [-0.2, -0.15) is 0 Å². The Morgan fingerprint density at radius 1 is 1.00 bits per heavy atom. The molecule has 2 heterocycles. The molecular weight excluding hydrogens is 602 g/mol. The molecule has 0 bridgehead atoms. The van der Waals surface area contributed by atoms with Gasteiger partial charge >= 0.3 is 11.4 Å². The van der Waals surface area contributed by atoms with Crippen LogP contribution in [0.3, 0.4) is 0 Å². The first kappa shape index (κ1) is 35.5. The molecule has 0 fully saturated rings. The van der Waals surface area contributed by atoms with E-state index >= 15 is 0 Å². The summed E-state index contributed by atoms with van der Waals surface area (Å²) < 4.78 is 30.5. The van der Waals surface area contributed by atoms with Gasteiger partial charge in [0.25, 0.3) is 5.91 Å². The van der Waals surface area contributed by atoms with Crippen LogP contribution in [0.4, 0.5) is 8.78 Å². The molecule has 2 amide bonds. The van der Waals surface area contributed by atoms with Gasteiger partial charge in [-0.25, -0.2) is 32.3 Å². The van der Waals surface area contributed by atoms with Crippen LogP contribution < -0.4 is 27.7 Å². The van der Waals surface area contributed by atoms with E-state index in [1.54, 1.807) is 24.3 Å². The fourth-order valence-corrected chi connectivity index (χ4v) is 4.82. The first-order valence-electron chi connectivity index (χ1n) is 15.0. The number of ketones is 2. The summed E-state index contributed by atoms with van der Waals surface area (Å²) in [5.41, 5.74) is 4.70. The van der Waals surface area contributed by atoms with Crippen molar-refractivity contribution in [1.29, 1.82) is 0 Å². The standard InChI is InChI=1S/C30H32F2N6O6.C2H6/c1-18(39)20-9-7-19(8-10-20)16-34-28(42)26(40)24(5-2-3-13-33)35-27(41)25-6-4-14-37-29(43)36(30(44)38(25)37)17-21-15-22(31)11-12-23(21)32;1-2/h4,6-12,15,24-25H,2-3,5,13-14,16-17,33H2,1H3,(H,34,42)(H,35,41);1-2H3. The quantitative estimate of drug-likeness (QED) is 0.111. The summed E-state index contributed by atoms with van der Waals surface area (Å²) in [5.74, 6) is -4.38. The number of carbonyl (C=O) groups is 4. The van der Waals surface area contributed by atoms with E-state index in [0.717, 1.165) is 27.6 Å². The molecule has 0 saturated heterocycles. The zero-order chi connectivity index (χ0) is 34.0. The maximum absolute atomic E-state index is 14.3. The Balaban J connectivity index is 0.00000282. The van der Waals surface area contributed by atoms with Crippen molar-refractivity contribution in [2.45, 2.75) is 71.8 Å². The second kappa shape index (κ2) is 16.4. The minimum absolute atomic E-state index is 0.00131. The Morgan fingerprint density at radius 2 is 1.70 bits per heavy atom. The number of unbranched alkanes of at least 4 members (excludes halogenated alkanes) is 1. The smallest absolute Gasteiger partial charge is 0.345 e. The van der Waals surface area contributed by atoms with Crippen LogP contribution in [0.1, 0.15) is 67.6 Å². The summed E-state index contributed by atoms with van der Waals surface area (Å²) in [7, 11) is 0. The molecule has 2 aromatic carbocycles. The van der Waals surface area contributed by atoms with E-state index < -0.39 is 59.2 Å². The van der Waals surface area contributed by atoms with E-state index in [2.05, 4.69) is 10.6 Å². The lowest BCUT2D eigenvalue weighted by Gasteiger charge is -2.23. The van der Waals surface area contributed by atoms with Crippen LogP contribution in [0.15, 0.2) is 64.2 Å². The van der Waals surface area contributed by atoms with Gasteiger partial charge in [0, 0.05) is 17.7 Å². The van der Waals surface area contributed by atoms with Crippen LogP contribution in [-0.4, -0.2) is 49.9 Å². The van der Waals surface area contributed by atoms with Crippen LogP contribution in [0.5, 0.6) is 0 Å². The van der Waals surface area contributed by atoms with Gasteiger partial charge in [0.05, 0.1) is 19.1 Å². The van der Waals surface area contributed by atoms with E-state index in [0.29, 0.717) is 35.1 Å². The molecule has 2 unspecified atom stereocenters. The van der Waals surface area contributed by atoms with Crippen molar-refractivity contribution >= 4 is 23.4 Å². The Labute approximate surface area is 263 Å². The summed E-state index contributed by atoms with van der Waals surface area (Å²) in [6.45, 7) is 5.12. The number of aromatic nitrogens is 3. The highest BCUT2D eigenvalue weighted by Crippen LogP contribution is 2.15. The highest BCUT2D eigenvalue weighted by molar-refractivity contribution is 6.38. The lowest BCUT2D eigenvalue weighted by Crippen LogP contribution is -2.50. The largest absolute Gasteiger partial charge is 0.348 e. The number of carbonyl (C=O) groups excluding carboxylic acids is 4. The molecule has 0 aliphatic carbocycles. The molecule has 246 valence electrons. The van der Waals surface area contributed by atoms with Gasteiger partial charge in [0.2, 0.25) is 11.7 Å². The maximum Gasteiger partial charge on any atom is 0.348 e. The van der Waals surface area contributed by atoms with E-state index in [9.17, 15) is 37.5 Å². The van der Waals surface area contributed by atoms with E-state index in [-0.39, 0.29) is 30.9 Å². The molecule has 4 N–H and O–H groups in total. The zero-order valence-corrected chi connectivity index (χ0v) is 25.9. The minimum atomic E-state index is -1.37. The SMILES string of the molecule is CC.CC(=O)c1ccc(CNC(=O)C(=O)C(CCCCN)NC(=O)C2C=CCn3c(=O)n(Cc4cc(F)ccc4F)c(=O)n32)cc1. The van der Waals surface area contributed by atoms with Crippen molar-refractivity contribution in [3.05, 3.63) is 104 Å². The number of hydrogen-bond donors (Lipinski definition) is 3. The Hall–Kier alpha value is -4.98. The number of allylic oxidation sites excluding steroid dienone is 1. The third kappa shape index (κ3) is 8.38. The molecule has 3 aromatic rings. The lowest BCUT2D eigenvalue weighted by molar-refractivity contribution is -0.140. The van der Waals surface area contributed by atoms with Gasteiger partial charge in [-0.05, 0) is 56.5 Å². The highest BCUT2D eigenvalue weighted by Gasteiger charge is 2.33. The summed E-state index contributed by atoms with van der Waals surface area (Å²) >= 11 is 0. The molecule has 1 aromatic heterocycles. The van der Waals surface area contributed by atoms with E-state index in [4.69, 9.17) is 5.73 Å². The molecule has 0 radical (unpaired) electrons. The number of halogens is 2. The van der Waals surface area contributed by atoms with Gasteiger partial charge in [0.15, 0.2) is 11.8 Å². The number of Topliss-reactive ketones (excluding diaryl/α,β-unsaturated/α-hetero) is 2. The van der Waals surface area contributed by atoms with Crippen molar-refractivity contribution < 1.29 is 28.0 Å². The van der Waals surface area contributed by atoms with Crippen molar-refractivity contribution in [2.24, 2.45) is 5.73 Å². The van der Waals surface area contributed by atoms with Gasteiger partial charge in [-0.3, -0.25) is 19.2 Å². The Bertz CT molecular complexity index is 1720. The molecule has 0 spiro atoms. The molecule has 1 aliphatic heterocycles. The number of nitrogens with one attached hydrogen (secondary N) is 2. The third-order valence-electron chi connectivity index (χ3n) is 7.22. The van der Waals surface area contributed by atoms with E-state index in [1.807, 2.05) is 13.8 Å². The average Bonchev–Trinajstić information content (AvgIpc) is 3.30.